The lowest BCUT2D eigenvalue weighted by Crippen LogP contribution is -2.44. The second kappa shape index (κ2) is 9.56. The molecule has 1 atom stereocenters. The molecule has 0 unspecified atom stereocenters. The van der Waals surface area contributed by atoms with Crippen molar-refractivity contribution in [3.8, 4) is 5.75 Å². The normalized spacial score (nSPS) is 12.1. The number of aryl methyl sites for hydroxylation is 2. The summed E-state index contributed by atoms with van der Waals surface area (Å²) >= 11 is 0. The first-order valence-corrected chi connectivity index (χ1v) is 11.2. The molecule has 7 nitrogen and oxygen atoms in total. The highest BCUT2D eigenvalue weighted by Gasteiger charge is 2.24. The van der Waals surface area contributed by atoms with E-state index in [1.165, 1.54) is 7.11 Å². The van der Waals surface area contributed by atoms with Crippen molar-refractivity contribution < 1.29 is 22.7 Å². The molecular formula is C21H26N2O5S. The summed E-state index contributed by atoms with van der Waals surface area (Å²) in [5.41, 5.74) is 2.93. The van der Waals surface area contributed by atoms with Gasteiger partial charge in [-0.25, -0.2) is 8.42 Å². The summed E-state index contributed by atoms with van der Waals surface area (Å²) in [5.74, 6) is -0.873. The number of hydrogen-bond acceptors (Lipinski definition) is 5. The Kier molecular flexibility index (Phi) is 7.39. The SMILES string of the molecule is COc1ccccc1C(=O)N[C@H](CCS(C)(=O)=O)C(=O)Nc1ccc(C)c(C)c1. The van der Waals surface area contributed by atoms with E-state index in [1.807, 2.05) is 26.0 Å². The van der Waals surface area contributed by atoms with E-state index in [0.29, 0.717) is 11.4 Å². The summed E-state index contributed by atoms with van der Waals surface area (Å²) in [6.45, 7) is 3.89. The van der Waals surface area contributed by atoms with E-state index < -0.39 is 27.7 Å². The molecule has 2 N–H and O–H groups in total. The molecule has 0 saturated heterocycles. The second-order valence-electron chi connectivity index (χ2n) is 6.93. The van der Waals surface area contributed by atoms with Crippen LogP contribution in [0.5, 0.6) is 5.75 Å². The van der Waals surface area contributed by atoms with Crippen LogP contribution in [0.15, 0.2) is 42.5 Å². The van der Waals surface area contributed by atoms with Crippen LogP contribution in [-0.4, -0.2) is 45.4 Å². The summed E-state index contributed by atoms with van der Waals surface area (Å²) in [6.07, 6.45) is 1.05. The minimum absolute atomic E-state index is 0.0452. The largest absolute Gasteiger partial charge is 0.496 e. The number of sulfone groups is 1. The predicted molar refractivity (Wildman–Crippen MR) is 113 cm³/mol. The van der Waals surface area contributed by atoms with E-state index >= 15 is 0 Å². The van der Waals surface area contributed by atoms with Crippen LogP contribution in [0.1, 0.15) is 27.9 Å². The summed E-state index contributed by atoms with van der Waals surface area (Å²) < 4.78 is 28.4. The Labute approximate surface area is 171 Å². The van der Waals surface area contributed by atoms with Gasteiger partial charge in [0.25, 0.3) is 5.91 Å². The number of ether oxygens (including phenoxy) is 1. The minimum atomic E-state index is -3.31. The van der Waals surface area contributed by atoms with Crippen LogP contribution >= 0.6 is 0 Å². The highest BCUT2D eigenvalue weighted by Crippen LogP contribution is 2.18. The first kappa shape index (κ1) is 22.4. The minimum Gasteiger partial charge on any atom is -0.496 e. The molecule has 156 valence electrons. The molecule has 2 aromatic rings. The van der Waals surface area contributed by atoms with Gasteiger partial charge in [-0.1, -0.05) is 18.2 Å². The van der Waals surface area contributed by atoms with Gasteiger partial charge >= 0.3 is 0 Å². The van der Waals surface area contributed by atoms with Gasteiger partial charge in [-0.3, -0.25) is 9.59 Å². The zero-order valence-corrected chi connectivity index (χ0v) is 17.8. The smallest absolute Gasteiger partial charge is 0.255 e. The number of anilines is 1. The fourth-order valence-corrected chi connectivity index (χ4v) is 3.38. The summed E-state index contributed by atoms with van der Waals surface area (Å²) in [7, 11) is -1.86. The van der Waals surface area contributed by atoms with Gasteiger partial charge in [0.05, 0.1) is 18.4 Å². The van der Waals surface area contributed by atoms with Crippen LogP contribution in [0.3, 0.4) is 0 Å². The first-order valence-electron chi connectivity index (χ1n) is 9.10. The van der Waals surface area contributed by atoms with Crippen molar-refractivity contribution in [2.45, 2.75) is 26.3 Å². The predicted octanol–water partition coefficient (Wildman–Crippen LogP) is 2.48. The van der Waals surface area contributed by atoms with Gasteiger partial charge in [0, 0.05) is 11.9 Å². The number of carbonyl (C=O) groups excluding carboxylic acids is 2. The van der Waals surface area contributed by atoms with E-state index in [9.17, 15) is 18.0 Å². The molecule has 2 amide bonds. The van der Waals surface area contributed by atoms with Gasteiger partial charge in [0.1, 0.15) is 21.6 Å². The van der Waals surface area contributed by atoms with E-state index in [4.69, 9.17) is 4.74 Å². The molecule has 2 rings (SSSR count). The standard InChI is InChI=1S/C21H26N2O5S/c1-14-9-10-16(13-15(14)2)22-21(25)18(11-12-29(4,26)27)23-20(24)17-7-5-6-8-19(17)28-3/h5-10,13,18H,11-12H2,1-4H3,(H,22,25)(H,23,24)/t18-/m1/s1. The Bertz CT molecular complexity index is 1000. The van der Waals surface area contributed by atoms with Crippen LogP contribution in [0, 0.1) is 13.8 Å². The molecule has 0 bridgehead atoms. The number of methoxy groups -OCH3 is 1. The first-order chi connectivity index (χ1) is 13.6. The molecule has 8 heteroatoms. The molecule has 2 aromatic carbocycles. The molecular weight excluding hydrogens is 392 g/mol. The van der Waals surface area contributed by atoms with Gasteiger partial charge in [-0.05, 0) is 55.7 Å². The van der Waals surface area contributed by atoms with E-state index in [2.05, 4.69) is 10.6 Å². The van der Waals surface area contributed by atoms with Crippen molar-refractivity contribution >= 4 is 27.3 Å². The molecule has 0 aliphatic carbocycles. The van der Waals surface area contributed by atoms with Crippen LogP contribution < -0.4 is 15.4 Å². The Morgan fingerprint density at radius 3 is 2.38 bits per heavy atom. The van der Waals surface area contributed by atoms with Crippen LogP contribution in [0.4, 0.5) is 5.69 Å². The Morgan fingerprint density at radius 1 is 1.07 bits per heavy atom. The fourth-order valence-electron chi connectivity index (χ4n) is 2.72. The van der Waals surface area contributed by atoms with Crippen LogP contribution in [0.2, 0.25) is 0 Å². The number of carbonyl (C=O) groups is 2. The van der Waals surface area contributed by atoms with Gasteiger partial charge in [0.15, 0.2) is 0 Å². The Morgan fingerprint density at radius 2 is 1.76 bits per heavy atom. The number of benzene rings is 2. The topological polar surface area (TPSA) is 102 Å². The number of rotatable bonds is 8. The third-order valence-corrected chi connectivity index (χ3v) is 5.50. The van der Waals surface area contributed by atoms with Crippen LogP contribution in [0.25, 0.3) is 0 Å². The maximum absolute atomic E-state index is 12.8. The average Bonchev–Trinajstić information content (AvgIpc) is 2.66. The number of nitrogens with one attached hydrogen (secondary N) is 2. The molecule has 0 heterocycles. The van der Waals surface area contributed by atoms with E-state index in [0.717, 1.165) is 17.4 Å². The lowest BCUT2D eigenvalue weighted by Gasteiger charge is -2.19. The van der Waals surface area contributed by atoms with Crippen molar-refractivity contribution in [2.75, 3.05) is 24.4 Å². The van der Waals surface area contributed by atoms with Crippen molar-refractivity contribution in [2.24, 2.45) is 0 Å². The van der Waals surface area contributed by atoms with E-state index in [1.54, 1.807) is 30.3 Å². The Balaban J connectivity index is 2.22. The van der Waals surface area contributed by atoms with Crippen molar-refractivity contribution in [3.63, 3.8) is 0 Å². The van der Waals surface area contributed by atoms with E-state index in [-0.39, 0.29) is 17.7 Å². The molecule has 0 fully saturated rings. The molecule has 0 aliphatic rings. The van der Waals surface area contributed by atoms with Crippen LogP contribution in [-0.2, 0) is 14.6 Å². The molecule has 0 radical (unpaired) electrons. The van der Waals surface area contributed by atoms with Gasteiger partial charge in [-0.2, -0.15) is 0 Å². The third kappa shape index (κ3) is 6.60. The quantitative estimate of drug-likeness (QED) is 0.686. The molecule has 0 saturated carbocycles. The fraction of sp³-hybridized carbons (Fsp3) is 0.333. The van der Waals surface area contributed by atoms with Gasteiger partial charge in [-0.15, -0.1) is 0 Å². The number of para-hydroxylation sites is 1. The lowest BCUT2D eigenvalue weighted by atomic mass is 10.1. The zero-order chi connectivity index (χ0) is 21.6. The second-order valence-corrected chi connectivity index (χ2v) is 9.19. The highest BCUT2D eigenvalue weighted by molar-refractivity contribution is 7.90. The van der Waals surface area contributed by atoms with Crippen molar-refractivity contribution in [1.29, 1.82) is 0 Å². The maximum Gasteiger partial charge on any atom is 0.255 e. The maximum atomic E-state index is 12.8. The molecule has 0 aliphatic heterocycles. The zero-order valence-electron chi connectivity index (χ0n) is 17.0. The lowest BCUT2D eigenvalue weighted by molar-refractivity contribution is -0.118. The summed E-state index contributed by atoms with van der Waals surface area (Å²) in [6, 6.07) is 11.0. The van der Waals surface area contributed by atoms with Crippen molar-refractivity contribution in [1.82, 2.24) is 5.32 Å². The molecule has 0 aromatic heterocycles. The third-order valence-electron chi connectivity index (χ3n) is 4.53. The number of amides is 2. The highest BCUT2D eigenvalue weighted by atomic mass is 32.2. The molecule has 29 heavy (non-hydrogen) atoms. The summed E-state index contributed by atoms with van der Waals surface area (Å²) in [4.78, 5) is 25.5. The Hall–Kier alpha value is -2.87. The average molecular weight is 419 g/mol. The summed E-state index contributed by atoms with van der Waals surface area (Å²) in [5, 5.41) is 5.38. The van der Waals surface area contributed by atoms with Gasteiger partial charge in [0.2, 0.25) is 5.91 Å². The molecule has 0 spiro atoms. The monoisotopic (exact) mass is 418 g/mol. The van der Waals surface area contributed by atoms with Gasteiger partial charge < -0.3 is 15.4 Å². The number of hydrogen-bond donors (Lipinski definition) is 2. The van der Waals surface area contributed by atoms with Crippen molar-refractivity contribution in [3.05, 3.63) is 59.2 Å².